The molecule has 1 aromatic rings. The van der Waals surface area contributed by atoms with Crippen molar-refractivity contribution >= 4 is 23.5 Å². The van der Waals surface area contributed by atoms with E-state index in [0.717, 1.165) is 18.4 Å². The van der Waals surface area contributed by atoms with Crippen molar-refractivity contribution in [3.8, 4) is 0 Å². The lowest BCUT2D eigenvalue weighted by molar-refractivity contribution is -0.147. The Morgan fingerprint density at radius 2 is 2.17 bits per heavy atom. The van der Waals surface area contributed by atoms with Gasteiger partial charge in [0.05, 0.1) is 5.02 Å². The molecule has 23 heavy (non-hydrogen) atoms. The van der Waals surface area contributed by atoms with Gasteiger partial charge in [-0.1, -0.05) is 17.7 Å². The van der Waals surface area contributed by atoms with Crippen molar-refractivity contribution in [2.24, 2.45) is 0 Å². The van der Waals surface area contributed by atoms with E-state index in [-0.39, 0.29) is 17.5 Å². The molecular formula is C16H19ClFNO4. The molecule has 0 bridgehead atoms. The van der Waals surface area contributed by atoms with E-state index in [1.54, 1.807) is 17.0 Å². The van der Waals surface area contributed by atoms with E-state index < -0.39 is 23.9 Å². The Morgan fingerprint density at radius 3 is 2.83 bits per heavy atom. The quantitative estimate of drug-likeness (QED) is 0.861. The average Bonchev–Trinajstić information content (AvgIpc) is 2.84. The van der Waals surface area contributed by atoms with Crippen LogP contribution in [0.2, 0.25) is 5.02 Å². The van der Waals surface area contributed by atoms with E-state index in [2.05, 4.69) is 0 Å². The number of aliphatic carboxylic acids is 1. The summed E-state index contributed by atoms with van der Waals surface area (Å²) in [5.74, 6) is -1.82. The Bertz CT molecular complexity index is 610. The van der Waals surface area contributed by atoms with Crippen molar-refractivity contribution < 1.29 is 23.8 Å². The molecule has 5 nitrogen and oxygen atoms in total. The number of hydrogen-bond donors (Lipinski definition) is 1. The summed E-state index contributed by atoms with van der Waals surface area (Å²) in [6.45, 7) is 1.81. The van der Waals surface area contributed by atoms with Crippen molar-refractivity contribution in [2.45, 2.75) is 31.7 Å². The van der Waals surface area contributed by atoms with Crippen LogP contribution in [-0.2, 0) is 20.7 Å². The maximum Gasteiger partial charge on any atom is 0.329 e. The molecule has 1 fully saturated rings. The van der Waals surface area contributed by atoms with Gasteiger partial charge in [0, 0.05) is 12.1 Å². The Morgan fingerprint density at radius 1 is 1.43 bits per heavy atom. The minimum Gasteiger partial charge on any atom is -0.480 e. The molecule has 1 atom stereocenters. The molecule has 1 aromatic carbocycles. The predicted octanol–water partition coefficient (Wildman–Crippen LogP) is 2.50. The number of likely N-dealkylation sites (tertiary alicyclic amines) is 1. The van der Waals surface area contributed by atoms with Gasteiger partial charge in [0.25, 0.3) is 0 Å². The molecule has 1 saturated heterocycles. The number of carbonyl (C=O) groups is 2. The fourth-order valence-electron chi connectivity index (χ4n) is 3.03. The van der Waals surface area contributed by atoms with Gasteiger partial charge in [-0.15, -0.1) is 0 Å². The molecule has 0 aromatic heterocycles. The number of carbonyl (C=O) groups excluding carboxylic acids is 1. The first-order chi connectivity index (χ1) is 10.8. The lowest BCUT2D eigenvalue weighted by atomic mass is 9.90. The van der Waals surface area contributed by atoms with Crippen LogP contribution >= 0.6 is 11.6 Å². The van der Waals surface area contributed by atoms with E-state index in [0.29, 0.717) is 13.0 Å². The molecule has 1 N–H and O–H groups in total. The van der Waals surface area contributed by atoms with Crippen LogP contribution in [0.1, 0.15) is 25.3 Å². The maximum absolute atomic E-state index is 13.3. The van der Waals surface area contributed by atoms with Crippen LogP contribution in [-0.4, -0.2) is 47.2 Å². The van der Waals surface area contributed by atoms with Gasteiger partial charge in [0.1, 0.15) is 19.0 Å². The fraction of sp³-hybridized carbons (Fsp3) is 0.500. The molecule has 0 aliphatic carbocycles. The second kappa shape index (κ2) is 7.27. The number of carboxylic acids is 1. The Hall–Kier alpha value is -1.66. The van der Waals surface area contributed by atoms with Gasteiger partial charge >= 0.3 is 5.97 Å². The highest BCUT2D eigenvalue weighted by Crippen LogP contribution is 2.33. The summed E-state index contributed by atoms with van der Waals surface area (Å²) < 4.78 is 18.1. The highest BCUT2D eigenvalue weighted by Gasteiger charge is 2.39. The Kier molecular flexibility index (Phi) is 5.59. The van der Waals surface area contributed by atoms with Crippen molar-refractivity contribution in [2.75, 3.05) is 19.8 Å². The van der Waals surface area contributed by atoms with Crippen molar-refractivity contribution in [3.63, 3.8) is 0 Å². The van der Waals surface area contributed by atoms with E-state index in [9.17, 15) is 14.0 Å². The Balaban J connectivity index is 2.04. The molecular weight excluding hydrogens is 325 g/mol. The van der Waals surface area contributed by atoms with E-state index in [1.807, 2.05) is 6.92 Å². The summed E-state index contributed by atoms with van der Waals surface area (Å²) >= 11 is 5.81. The van der Waals surface area contributed by atoms with Crippen molar-refractivity contribution in [3.05, 3.63) is 34.6 Å². The third-order valence-corrected chi connectivity index (χ3v) is 4.36. The predicted molar refractivity (Wildman–Crippen MR) is 82.9 cm³/mol. The summed E-state index contributed by atoms with van der Waals surface area (Å²) in [5.41, 5.74) is 0.440. The molecule has 0 spiro atoms. The van der Waals surface area contributed by atoms with Crippen LogP contribution in [0.3, 0.4) is 0 Å². The Labute approximate surface area is 139 Å². The first-order valence-electron chi connectivity index (χ1n) is 7.36. The van der Waals surface area contributed by atoms with Gasteiger partial charge in [-0.25, -0.2) is 9.18 Å². The lowest BCUT2D eigenvalue weighted by Crippen LogP contribution is -2.48. The van der Waals surface area contributed by atoms with Crippen LogP contribution in [0.5, 0.6) is 0 Å². The van der Waals surface area contributed by atoms with Crippen LogP contribution in [0.4, 0.5) is 4.39 Å². The van der Waals surface area contributed by atoms with Gasteiger partial charge in [-0.3, -0.25) is 4.79 Å². The van der Waals surface area contributed by atoms with E-state index in [4.69, 9.17) is 21.4 Å². The van der Waals surface area contributed by atoms with E-state index in [1.165, 1.54) is 6.07 Å². The maximum atomic E-state index is 13.3. The number of hydrogen-bond acceptors (Lipinski definition) is 3. The zero-order chi connectivity index (χ0) is 17.0. The zero-order valence-electron chi connectivity index (χ0n) is 12.8. The summed E-state index contributed by atoms with van der Waals surface area (Å²) in [6.07, 6.45) is 2.22. The van der Waals surface area contributed by atoms with Crippen molar-refractivity contribution in [1.82, 2.24) is 4.90 Å². The smallest absolute Gasteiger partial charge is 0.329 e. The molecule has 7 heteroatoms. The number of amides is 1. The SMILES string of the molecule is CC1(Cc2ccc(F)c(Cl)c2)CCCN1C(=O)COCC(=O)O. The molecule has 0 saturated carbocycles. The normalized spacial score (nSPS) is 20.7. The number of rotatable bonds is 6. The monoisotopic (exact) mass is 343 g/mol. The summed E-state index contributed by atoms with van der Waals surface area (Å²) in [7, 11) is 0. The minimum absolute atomic E-state index is 0.0618. The minimum atomic E-state index is -1.11. The van der Waals surface area contributed by atoms with E-state index >= 15 is 0 Å². The fourth-order valence-corrected chi connectivity index (χ4v) is 3.23. The van der Waals surface area contributed by atoms with Gasteiger partial charge in [0.15, 0.2) is 0 Å². The van der Waals surface area contributed by atoms with Crippen LogP contribution in [0, 0.1) is 5.82 Å². The third kappa shape index (κ3) is 4.42. The number of nitrogens with zero attached hydrogens (tertiary/aromatic N) is 1. The number of ether oxygens (including phenoxy) is 1. The van der Waals surface area contributed by atoms with Gasteiger partial charge < -0.3 is 14.7 Å². The first-order valence-corrected chi connectivity index (χ1v) is 7.73. The zero-order valence-corrected chi connectivity index (χ0v) is 13.6. The topological polar surface area (TPSA) is 66.8 Å². The molecule has 126 valence electrons. The molecule has 0 radical (unpaired) electrons. The number of benzene rings is 1. The summed E-state index contributed by atoms with van der Waals surface area (Å²) in [4.78, 5) is 24.4. The highest BCUT2D eigenvalue weighted by molar-refractivity contribution is 6.30. The summed E-state index contributed by atoms with van der Waals surface area (Å²) in [6, 6.07) is 4.55. The molecule has 1 aliphatic heterocycles. The van der Waals surface area contributed by atoms with Gasteiger partial charge in [-0.05, 0) is 43.9 Å². The lowest BCUT2D eigenvalue weighted by Gasteiger charge is -2.35. The number of halogens is 2. The molecule has 1 aliphatic rings. The molecule has 1 heterocycles. The molecule has 2 rings (SSSR count). The van der Waals surface area contributed by atoms with Gasteiger partial charge in [-0.2, -0.15) is 0 Å². The van der Waals surface area contributed by atoms with Crippen LogP contribution < -0.4 is 0 Å². The third-order valence-electron chi connectivity index (χ3n) is 4.07. The molecule has 1 amide bonds. The van der Waals surface area contributed by atoms with Crippen LogP contribution in [0.15, 0.2) is 18.2 Å². The largest absolute Gasteiger partial charge is 0.480 e. The summed E-state index contributed by atoms with van der Waals surface area (Å²) in [5, 5.41) is 8.61. The van der Waals surface area contributed by atoms with Gasteiger partial charge in [0.2, 0.25) is 5.91 Å². The van der Waals surface area contributed by atoms with Crippen LogP contribution in [0.25, 0.3) is 0 Å². The second-order valence-corrected chi connectivity index (χ2v) is 6.36. The standard InChI is InChI=1S/C16H19ClFNO4/c1-16(8-11-3-4-13(18)12(17)7-11)5-2-6-19(16)14(20)9-23-10-15(21)22/h3-4,7H,2,5-6,8-10H2,1H3,(H,21,22). The highest BCUT2D eigenvalue weighted by atomic mass is 35.5. The average molecular weight is 344 g/mol. The second-order valence-electron chi connectivity index (χ2n) is 5.96. The number of carboxylic acid groups (broad SMARTS) is 1. The first kappa shape index (κ1) is 17.7. The van der Waals surface area contributed by atoms with Crippen molar-refractivity contribution in [1.29, 1.82) is 0 Å². The molecule has 1 unspecified atom stereocenters.